The summed E-state index contributed by atoms with van der Waals surface area (Å²) in [5, 5.41) is 2.56. The third kappa shape index (κ3) is 4.78. The van der Waals surface area contributed by atoms with E-state index in [1.165, 1.54) is 42.6 Å². The number of sulfonamides is 1. The molecule has 0 radical (unpaired) electrons. The van der Waals surface area contributed by atoms with Crippen molar-refractivity contribution in [3.8, 4) is 22.1 Å². The molecule has 0 bridgehead atoms. The maximum absolute atomic E-state index is 12.2. The lowest BCUT2D eigenvalue weighted by atomic mass is 10.2. The van der Waals surface area contributed by atoms with E-state index in [9.17, 15) is 13.2 Å². The third-order valence-corrected chi connectivity index (χ3v) is 6.57. The minimum Gasteiger partial charge on any atom is -0.493 e. The maximum Gasteiger partial charge on any atom is 0.338 e. The number of aromatic nitrogens is 1. The van der Waals surface area contributed by atoms with Crippen LogP contribution in [0.15, 0.2) is 52.7 Å². The Hall–Kier alpha value is -2.95. The molecule has 1 heterocycles. The van der Waals surface area contributed by atoms with Gasteiger partial charge in [0, 0.05) is 10.9 Å². The number of hydrogen-bond donors (Lipinski definition) is 1. The van der Waals surface area contributed by atoms with Crippen LogP contribution in [0.4, 0.5) is 0 Å². The van der Waals surface area contributed by atoms with Crippen molar-refractivity contribution < 1.29 is 27.4 Å². The van der Waals surface area contributed by atoms with Crippen molar-refractivity contribution in [3.63, 3.8) is 0 Å². The van der Waals surface area contributed by atoms with Gasteiger partial charge in [-0.3, -0.25) is 0 Å². The van der Waals surface area contributed by atoms with Gasteiger partial charge in [0.25, 0.3) is 0 Å². The maximum atomic E-state index is 12.2. The molecule has 0 saturated heterocycles. The monoisotopic (exact) mass is 448 g/mol. The third-order valence-electron chi connectivity index (χ3n) is 4.20. The first-order valence-corrected chi connectivity index (χ1v) is 11.1. The number of nitrogens with one attached hydrogen (secondary N) is 1. The molecule has 8 nitrogen and oxygen atoms in total. The van der Waals surface area contributed by atoms with E-state index >= 15 is 0 Å². The first kappa shape index (κ1) is 21.8. The molecule has 0 amide bonds. The van der Waals surface area contributed by atoms with Crippen molar-refractivity contribution in [2.75, 3.05) is 21.3 Å². The van der Waals surface area contributed by atoms with Crippen molar-refractivity contribution >= 4 is 27.3 Å². The Morgan fingerprint density at radius 1 is 1.07 bits per heavy atom. The summed E-state index contributed by atoms with van der Waals surface area (Å²) in [5.74, 6) is 0.659. The summed E-state index contributed by atoms with van der Waals surface area (Å²) in [6.07, 6.45) is 0. The van der Waals surface area contributed by atoms with Gasteiger partial charge in [0.1, 0.15) is 11.6 Å². The second-order valence-corrected chi connectivity index (χ2v) is 8.77. The van der Waals surface area contributed by atoms with Gasteiger partial charge in [0.15, 0.2) is 11.5 Å². The molecular weight excluding hydrogens is 428 g/mol. The summed E-state index contributed by atoms with van der Waals surface area (Å²) in [7, 11) is 0.899. The van der Waals surface area contributed by atoms with Crippen LogP contribution in [-0.4, -0.2) is 40.6 Å². The van der Waals surface area contributed by atoms with E-state index in [0.29, 0.717) is 17.2 Å². The molecule has 0 unspecified atom stereocenters. The number of hydrogen-bond acceptors (Lipinski definition) is 8. The van der Waals surface area contributed by atoms with Crippen molar-refractivity contribution in [3.05, 3.63) is 59.1 Å². The number of ether oxygens (including phenoxy) is 3. The van der Waals surface area contributed by atoms with Crippen molar-refractivity contribution in [2.45, 2.75) is 11.5 Å². The molecular formula is C20H20N2O6S2. The second-order valence-electron chi connectivity index (χ2n) is 6.02. The number of rotatable bonds is 8. The lowest BCUT2D eigenvalue weighted by Gasteiger charge is -2.08. The van der Waals surface area contributed by atoms with Gasteiger partial charge in [-0.15, -0.1) is 11.3 Å². The van der Waals surface area contributed by atoms with Gasteiger partial charge in [-0.05, 0) is 49.5 Å². The molecule has 0 aliphatic carbocycles. The molecule has 158 valence electrons. The highest BCUT2D eigenvalue weighted by Gasteiger charge is 2.14. The molecule has 0 atom stereocenters. The van der Waals surface area contributed by atoms with E-state index in [4.69, 9.17) is 14.2 Å². The van der Waals surface area contributed by atoms with Crippen molar-refractivity contribution in [2.24, 2.45) is 0 Å². The van der Waals surface area contributed by atoms with Crippen LogP contribution in [0.2, 0.25) is 0 Å². The van der Waals surface area contributed by atoms with E-state index < -0.39 is 16.0 Å². The number of nitrogens with zero attached hydrogens (tertiary/aromatic N) is 1. The molecule has 0 fully saturated rings. The van der Waals surface area contributed by atoms with Crippen LogP contribution in [-0.2, 0) is 21.4 Å². The fourth-order valence-corrected chi connectivity index (χ4v) is 4.12. The number of benzene rings is 2. The quantitative estimate of drug-likeness (QED) is 0.528. The molecule has 0 aliphatic heterocycles. The molecule has 3 aromatic rings. The summed E-state index contributed by atoms with van der Waals surface area (Å²) in [6, 6.07) is 11.0. The molecule has 1 aromatic heterocycles. The van der Waals surface area contributed by atoms with Gasteiger partial charge < -0.3 is 14.2 Å². The van der Waals surface area contributed by atoms with E-state index in [-0.39, 0.29) is 17.1 Å². The highest BCUT2D eigenvalue weighted by molar-refractivity contribution is 7.89. The first-order chi connectivity index (χ1) is 14.4. The van der Waals surface area contributed by atoms with Crippen LogP contribution < -0.4 is 14.2 Å². The zero-order chi connectivity index (χ0) is 21.7. The fraction of sp³-hybridized carbons (Fsp3) is 0.200. The van der Waals surface area contributed by atoms with E-state index in [2.05, 4.69) is 9.71 Å². The van der Waals surface area contributed by atoms with E-state index in [1.54, 1.807) is 20.3 Å². The Kier molecular flexibility index (Phi) is 6.70. The normalized spacial score (nSPS) is 11.2. The number of carbonyl (C=O) groups excluding carboxylic acids is 1. The molecule has 30 heavy (non-hydrogen) atoms. The van der Waals surface area contributed by atoms with Crippen LogP contribution >= 0.6 is 11.3 Å². The van der Waals surface area contributed by atoms with Crippen molar-refractivity contribution in [1.29, 1.82) is 0 Å². The van der Waals surface area contributed by atoms with Crippen LogP contribution in [0.25, 0.3) is 10.6 Å². The minimum atomic E-state index is -3.56. The van der Waals surface area contributed by atoms with E-state index in [1.807, 2.05) is 17.5 Å². The summed E-state index contributed by atoms with van der Waals surface area (Å²) in [4.78, 5) is 16.8. The topological polar surface area (TPSA) is 104 Å². The standard InChI is InChI=1S/C20H20N2O6S2/c1-21-30(24,25)16-7-4-13(5-8-16)20(23)28-11-15-12-29-19(22-15)14-6-9-17(26-2)18(10-14)27-3/h4-10,12,21H,11H2,1-3H3. The number of esters is 1. The number of methoxy groups -OCH3 is 2. The molecule has 0 saturated carbocycles. The predicted octanol–water partition coefficient (Wildman–Crippen LogP) is 3.09. The predicted molar refractivity (Wildman–Crippen MR) is 112 cm³/mol. The second kappa shape index (κ2) is 9.24. The highest BCUT2D eigenvalue weighted by Crippen LogP contribution is 2.33. The Morgan fingerprint density at radius 3 is 2.40 bits per heavy atom. The average molecular weight is 449 g/mol. The lowest BCUT2D eigenvalue weighted by molar-refractivity contribution is 0.0468. The average Bonchev–Trinajstić information content (AvgIpc) is 3.26. The number of thiazole rings is 1. The molecule has 2 aromatic carbocycles. The Balaban J connectivity index is 1.66. The Morgan fingerprint density at radius 2 is 1.77 bits per heavy atom. The van der Waals surface area contributed by atoms with E-state index in [0.717, 1.165) is 10.6 Å². The lowest BCUT2D eigenvalue weighted by Crippen LogP contribution is -2.18. The van der Waals surface area contributed by atoms with Gasteiger partial charge in [0.05, 0.1) is 30.4 Å². The minimum absolute atomic E-state index is 0.000805. The Bertz CT molecular complexity index is 1140. The van der Waals surface area contributed by atoms with Crippen molar-refractivity contribution in [1.82, 2.24) is 9.71 Å². The molecule has 10 heteroatoms. The van der Waals surface area contributed by atoms with Crippen LogP contribution in [0.1, 0.15) is 16.1 Å². The molecule has 0 spiro atoms. The molecule has 0 aliphatic rings. The summed E-state index contributed by atoms with van der Waals surface area (Å²) in [6.45, 7) is -0.000805. The summed E-state index contributed by atoms with van der Waals surface area (Å²) < 4.78 is 41.5. The van der Waals surface area contributed by atoms with Gasteiger partial charge in [-0.2, -0.15) is 0 Å². The summed E-state index contributed by atoms with van der Waals surface area (Å²) >= 11 is 1.42. The van der Waals surface area contributed by atoms with Crippen LogP contribution in [0, 0.1) is 0 Å². The van der Waals surface area contributed by atoms with Gasteiger partial charge >= 0.3 is 5.97 Å². The van der Waals surface area contributed by atoms with Crippen LogP contribution in [0.5, 0.6) is 11.5 Å². The largest absolute Gasteiger partial charge is 0.493 e. The van der Waals surface area contributed by atoms with Gasteiger partial charge in [0.2, 0.25) is 10.0 Å². The molecule has 3 rings (SSSR count). The first-order valence-electron chi connectivity index (χ1n) is 8.75. The van der Waals surface area contributed by atoms with Crippen LogP contribution in [0.3, 0.4) is 0 Å². The molecule has 1 N–H and O–H groups in total. The number of carbonyl (C=O) groups is 1. The zero-order valence-corrected chi connectivity index (χ0v) is 18.2. The van der Waals surface area contributed by atoms with Gasteiger partial charge in [-0.25, -0.2) is 22.9 Å². The smallest absolute Gasteiger partial charge is 0.338 e. The SMILES string of the molecule is CNS(=O)(=O)c1ccc(C(=O)OCc2csc(-c3ccc(OC)c(OC)c3)n2)cc1. The Labute approximate surface area is 178 Å². The van der Waals surface area contributed by atoms with Gasteiger partial charge in [-0.1, -0.05) is 0 Å². The summed E-state index contributed by atoms with van der Waals surface area (Å²) in [5.41, 5.74) is 1.71. The zero-order valence-electron chi connectivity index (χ0n) is 16.5. The highest BCUT2D eigenvalue weighted by atomic mass is 32.2. The fourth-order valence-electron chi connectivity index (χ4n) is 2.59.